The normalized spacial score (nSPS) is 15.1. The Morgan fingerprint density at radius 3 is 2.59 bits per heavy atom. The maximum atomic E-state index is 13.0. The van der Waals surface area contributed by atoms with Crippen LogP contribution in [0, 0.1) is 0 Å². The smallest absolute Gasteiger partial charge is 0.306 e. The summed E-state index contributed by atoms with van der Waals surface area (Å²) in [4.78, 5) is 25.5. The van der Waals surface area contributed by atoms with Gasteiger partial charge in [0.05, 0.1) is 30.2 Å². The molecule has 2 aromatic rings. The number of thioether (sulfide) groups is 1. The third-order valence-electron chi connectivity index (χ3n) is 3.96. The van der Waals surface area contributed by atoms with Gasteiger partial charge in [0, 0.05) is 0 Å². The van der Waals surface area contributed by atoms with Crippen molar-refractivity contribution in [1.29, 1.82) is 0 Å². The zero-order valence-electron chi connectivity index (χ0n) is 15.7. The highest BCUT2D eigenvalue weighted by Gasteiger charge is 2.34. The van der Waals surface area contributed by atoms with E-state index in [-0.39, 0.29) is 18.9 Å². The van der Waals surface area contributed by atoms with Crippen LogP contribution in [0.2, 0.25) is 0 Å². The number of ether oxygens (including phenoxy) is 2. The lowest BCUT2D eigenvalue weighted by Crippen LogP contribution is -2.28. The van der Waals surface area contributed by atoms with E-state index in [4.69, 9.17) is 26.8 Å². The number of rotatable bonds is 8. The average Bonchev–Trinajstić information content (AvgIpc) is 2.97. The number of carboxylic acids is 1. The molecule has 0 radical (unpaired) electrons. The third-order valence-corrected chi connectivity index (χ3v) is 5.26. The molecular formula is C21H19NO5S2. The molecule has 150 valence electrons. The molecule has 6 nitrogen and oxygen atoms in total. The van der Waals surface area contributed by atoms with Crippen LogP contribution in [0.25, 0.3) is 6.08 Å². The Labute approximate surface area is 178 Å². The molecule has 0 bridgehead atoms. The SMILES string of the molecule is CCOc1ccccc1N1C(=O)/C(=C\c2ccc(OCCC(=O)O)cc2)SC1=S. The molecule has 0 aliphatic carbocycles. The summed E-state index contributed by atoms with van der Waals surface area (Å²) in [6.07, 6.45) is 1.71. The topological polar surface area (TPSA) is 76.1 Å². The molecule has 2 aromatic carbocycles. The molecule has 1 heterocycles. The van der Waals surface area contributed by atoms with E-state index in [1.807, 2.05) is 31.2 Å². The summed E-state index contributed by atoms with van der Waals surface area (Å²) in [5, 5.41) is 8.65. The second-order valence-corrected chi connectivity index (χ2v) is 7.65. The lowest BCUT2D eigenvalue weighted by atomic mass is 10.2. The fraction of sp³-hybridized carbons (Fsp3) is 0.190. The van der Waals surface area contributed by atoms with Gasteiger partial charge in [0.25, 0.3) is 5.91 Å². The molecule has 1 fully saturated rings. The minimum absolute atomic E-state index is 0.0621. The highest BCUT2D eigenvalue weighted by atomic mass is 32.2. The number of amides is 1. The van der Waals surface area contributed by atoms with Crippen molar-refractivity contribution in [1.82, 2.24) is 0 Å². The quantitative estimate of drug-likeness (QED) is 0.494. The first-order valence-electron chi connectivity index (χ1n) is 8.94. The van der Waals surface area contributed by atoms with E-state index < -0.39 is 5.97 Å². The molecule has 1 aliphatic rings. The summed E-state index contributed by atoms with van der Waals surface area (Å²) < 4.78 is 11.4. The van der Waals surface area contributed by atoms with Crippen molar-refractivity contribution in [3.8, 4) is 11.5 Å². The number of carboxylic acid groups (broad SMARTS) is 1. The van der Waals surface area contributed by atoms with Crippen LogP contribution in [0.5, 0.6) is 11.5 Å². The Morgan fingerprint density at radius 2 is 1.90 bits per heavy atom. The molecule has 0 spiro atoms. The monoisotopic (exact) mass is 429 g/mol. The summed E-state index contributed by atoms with van der Waals surface area (Å²) in [5.41, 5.74) is 1.44. The molecule has 1 amide bonds. The number of carbonyl (C=O) groups excluding carboxylic acids is 1. The summed E-state index contributed by atoms with van der Waals surface area (Å²) in [5.74, 6) is 0.0699. The van der Waals surface area contributed by atoms with Crippen LogP contribution in [0.4, 0.5) is 5.69 Å². The predicted molar refractivity (Wildman–Crippen MR) is 117 cm³/mol. The summed E-state index contributed by atoms with van der Waals surface area (Å²) in [6, 6.07) is 14.4. The van der Waals surface area contributed by atoms with Gasteiger partial charge in [-0.3, -0.25) is 14.5 Å². The second-order valence-electron chi connectivity index (χ2n) is 5.98. The van der Waals surface area contributed by atoms with Gasteiger partial charge in [-0.15, -0.1) is 0 Å². The van der Waals surface area contributed by atoms with Gasteiger partial charge in [-0.2, -0.15) is 0 Å². The maximum absolute atomic E-state index is 13.0. The Hall–Kier alpha value is -2.84. The highest BCUT2D eigenvalue weighted by molar-refractivity contribution is 8.27. The zero-order chi connectivity index (χ0) is 20.8. The number of nitrogens with zero attached hydrogens (tertiary/aromatic N) is 1. The maximum Gasteiger partial charge on any atom is 0.306 e. The molecule has 0 unspecified atom stereocenters. The number of aliphatic carboxylic acids is 1. The Balaban J connectivity index is 1.76. The zero-order valence-corrected chi connectivity index (χ0v) is 17.3. The van der Waals surface area contributed by atoms with Crippen molar-refractivity contribution < 1.29 is 24.2 Å². The number of thiocarbonyl (C=S) groups is 1. The number of benzene rings is 2. The van der Waals surface area contributed by atoms with Gasteiger partial charge in [-0.1, -0.05) is 48.2 Å². The van der Waals surface area contributed by atoms with Crippen LogP contribution < -0.4 is 14.4 Å². The minimum Gasteiger partial charge on any atom is -0.493 e. The van der Waals surface area contributed by atoms with Gasteiger partial charge < -0.3 is 14.6 Å². The van der Waals surface area contributed by atoms with Crippen LogP contribution in [0.15, 0.2) is 53.4 Å². The molecule has 1 saturated heterocycles. The Morgan fingerprint density at radius 1 is 1.17 bits per heavy atom. The van der Waals surface area contributed by atoms with Gasteiger partial charge >= 0.3 is 5.97 Å². The first-order chi connectivity index (χ1) is 14.0. The lowest BCUT2D eigenvalue weighted by molar-refractivity contribution is -0.137. The van der Waals surface area contributed by atoms with E-state index in [1.165, 1.54) is 16.7 Å². The molecule has 3 rings (SSSR count). The molecular weight excluding hydrogens is 410 g/mol. The molecule has 29 heavy (non-hydrogen) atoms. The van der Waals surface area contributed by atoms with E-state index in [2.05, 4.69) is 0 Å². The van der Waals surface area contributed by atoms with Crippen LogP contribution >= 0.6 is 24.0 Å². The summed E-state index contributed by atoms with van der Waals surface area (Å²) in [6.45, 7) is 2.48. The number of para-hydroxylation sites is 2. The van der Waals surface area contributed by atoms with Gasteiger partial charge in [-0.25, -0.2) is 0 Å². The first kappa shape index (κ1) is 20.9. The van der Waals surface area contributed by atoms with E-state index >= 15 is 0 Å². The third kappa shape index (κ3) is 5.16. The van der Waals surface area contributed by atoms with E-state index in [1.54, 1.807) is 30.3 Å². The first-order valence-corrected chi connectivity index (χ1v) is 10.2. The largest absolute Gasteiger partial charge is 0.493 e. The summed E-state index contributed by atoms with van der Waals surface area (Å²) >= 11 is 6.67. The summed E-state index contributed by atoms with van der Waals surface area (Å²) in [7, 11) is 0. The van der Waals surface area contributed by atoms with Crippen LogP contribution in [-0.4, -0.2) is 34.5 Å². The van der Waals surface area contributed by atoms with E-state index in [9.17, 15) is 9.59 Å². The predicted octanol–water partition coefficient (Wildman–Crippen LogP) is 4.34. The van der Waals surface area contributed by atoms with Crippen molar-refractivity contribution in [3.63, 3.8) is 0 Å². The number of carbonyl (C=O) groups is 2. The number of hydrogen-bond donors (Lipinski definition) is 1. The minimum atomic E-state index is -0.908. The van der Waals surface area contributed by atoms with E-state index in [0.29, 0.717) is 33.0 Å². The fourth-order valence-electron chi connectivity index (χ4n) is 2.66. The molecule has 8 heteroatoms. The molecule has 0 atom stereocenters. The standard InChI is InChI=1S/C21H19NO5S2/c1-2-26-17-6-4-3-5-16(17)22-20(25)18(29-21(22)28)13-14-7-9-15(10-8-14)27-12-11-19(23)24/h3-10,13H,2,11-12H2,1H3,(H,23,24)/b18-13+. The van der Waals surface area contributed by atoms with Gasteiger partial charge in [-0.05, 0) is 42.8 Å². The van der Waals surface area contributed by atoms with Crippen molar-refractivity contribution in [2.75, 3.05) is 18.1 Å². The highest BCUT2D eigenvalue weighted by Crippen LogP contribution is 2.39. The second kappa shape index (κ2) is 9.58. The molecule has 1 N–H and O–H groups in total. The van der Waals surface area contributed by atoms with Crippen molar-refractivity contribution >= 4 is 51.9 Å². The fourth-order valence-corrected chi connectivity index (χ4v) is 3.95. The molecule has 0 aromatic heterocycles. The van der Waals surface area contributed by atoms with Crippen LogP contribution in [0.3, 0.4) is 0 Å². The van der Waals surface area contributed by atoms with Crippen molar-refractivity contribution in [2.24, 2.45) is 0 Å². The van der Waals surface area contributed by atoms with Gasteiger partial charge in [0.15, 0.2) is 4.32 Å². The van der Waals surface area contributed by atoms with Crippen LogP contribution in [0.1, 0.15) is 18.9 Å². The average molecular weight is 430 g/mol. The molecule has 0 saturated carbocycles. The van der Waals surface area contributed by atoms with Gasteiger partial charge in [0.2, 0.25) is 0 Å². The van der Waals surface area contributed by atoms with Crippen molar-refractivity contribution in [2.45, 2.75) is 13.3 Å². The van der Waals surface area contributed by atoms with Gasteiger partial charge in [0.1, 0.15) is 11.5 Å². The van der Waals surface area contributed by atoms with E-state index in [0.717, 1.165) is 5.56 Å². The number of hydrogen-bond acceptors (Lipinski definition) is 6. The van der Waals surface area contributed by atoms with Crippen LogP contribution in [-0.2, 0) is 9.59 Å². The molecule has 1 aliphatic heterocycles. The number of anilines is 1. The lowest BCUT2D eigenvalue weighted by Gasteiger charge is -2.18. The Bertz CT molecular complexity index is 956. The van der Waals surface area contributed by atoms with Crippen molar-refractivity contribution in [3.05, 3.63) is 59.0 Å². The Kier molecular flexibility index (Phi) is 6.90.